The van der Waals surface area contributed by atoms with E-state index >= 15 is 0 Å². The zero-order chi connectivity index (χ0) is 14.5. The van der Waals surface area contributed by atoms with Crippen molar-refractivity contribution < 1.29 is 4.79 Å². The molecule has 1 aromatic carbocycles. The van der Waals surface area contributed by atoms with Gasteiger partial charge in [0.25, 0.3) is 0 Å². The maximum absolute atomic E-state index is 12.3. The van der Waals surface area contributed by atoms with Crippen LogP contribution >= 0.6 is 11.3 Å². The lowest BCUT2D eigenvalue weighted by molar-refractivity contribution is -0.123. The third-order valence-corrected chi connectivity index (χ3v) is 4.17. The monoisotopic (exact) mass is 289 g/mol. The van der Waals surface area contributed by atoms with Crippen molar-refractivity contribution in [1.29, 1.82) is 0 Å². The highest BCUT2D eigenvalue weighted by atomic mass is 32.1. The number of nitrogens with one attached hydrogen (secondary N) is 1. The summed E-state index contributed by atoms with van der Waals surface area (Å²) >= 11 is 1.56. The van der Waals surface area contributed by atoms with Crippen LogP contribution in [0.3, 0.4) is 0 Å². The molecular weight excluding hydrogens is 270 g/mol. The molecule has 0 aliphatic rings. The molecule has 5 heteroatoms. The number of amides is 1. The first-order chi connectivity index (χ1) is 9.61. The molecule has 3 N–H and O–H groups in total. The Morgan fingerprint density at radius 1 is 1.50 bits per heavy atom. The van der Waals surface area contributed by atoms with E-state index in [1.54, 1.807) is 17.5 Å². The molecule has 0 spiro atoms. The van der Waals surface area contributed by atoms with Crippen LogP contribution in [0.5, 0.6) is 0 Å². The second-order valence-electron chi connectivity index (χ2n) is 4.73. The largest absolute Gasteiger partial charge is 0.399 e. The molecule has 0 bridgehead atoms. The standard InChI is InChI=1S/C15H19N3OS/c1-3-13(15-17-7-8-20-15)18-14(19)10(2)11-5-4-6-12(16)9-11/h4-10,13H,3,16H2,1-2H3,(H,18,19). The molecule has 1 amide bonds. The van der Waals surface area contributed by atoms with Crippen molar-refractivity contribution in [3.63, 3.8) is 0 Å². The molecular formula is C15H19N3OS. The van der Waals surface area contributed by atoms with Gasteiger partial charge in [-0.25, -0.2) is 4.98 Å². The van der Waals surface area contributed by atoms with Gasteiger partial charge < -0.3 is 11.1 Å². The molecule has 20 heavy (non-hydrogen) atoms. The predicted octanol–water partition coefficient (Wildman–Crippen LogP) is 3.10. The summed E-state index contributed by atoms with van der Waals surface area (Å²) in [6.07, 6.45) is 2.58. The highest BCUT2D eigenvalue weighted by Crippen LogP contribution is 2.22. The smallest absolute Gasteiger partial charge is 0.227 e. The van der Waals surface area contributed by atoms with Gasteiger partial charge in [-0.05, 0) is 31.0 Å². The predicted molar refractivity (Wildman–Crippen MR) is 82.6 cm³/mol. The quantitative estimate of drug-likeness (QED) is 0.831. The second kappa shape index (κ2) is 6.52. The molecule has 4 nitrogen and oxygen atoms in total. The van der Waals surface area contributed by atoms with E-state index in [0.717, 1.165) is 17.0 Å². The van der Waals surface area contributed by atoms with Gasteiger partial charge in [0, 0.05) is 17.3 Å². The van der Waals surface area contributed by atoms with Crippen molar-refractivity contribution in [3.8, 4) is 0 Å². The molecule has 0 saturated heterocycles. The SMILES string of the molecule is CCC(NC(=O)C(C)c1cccc(N)c1)c1nccs1. The van der Waals surface area contributed by atoms with Crippen molar-refractivity contribution in [2.24, 2.45) is 0 Å². The van der Waals surface area contributed by atoms with E-state index in [9.17, 15) is 4.79 Å². The third kappa shape index (κ3) is 3.36. The molecule has 2 aromatic rings. The second-order valence-corrected chi connectivity index (χ2v) is 5.66. The van der Waals surface area contributed by atoms with Crippen molar-refractivity contribution in [1.82, 2.24) is 10.3 Å². The molecule has 1 heterocycles. The van der Waals surface area contributed by atoms with Crippen LogP contribution in [0.15, 0.2) is 35.8 Å². The number of aromatic nitrogens is 1. The Labute approximate surface area is 123 Å². The Kier molecular flexibility index (Phi) is 4.74. The van der Waals surface area contributed by atoms with Gasteiger partial charge in [-0.2, -0.15) is 0 Å². The number of rotatable bonds is 5. The zero-order valence-corrected chi connectivity index (χ0v) is 12.5. The average Bonchev–Trinajstić information content (AvgIpc) is 2.97. The summed E-state index contributed by atoms with van der Waals surface area (Å²) in [6, 6.07) is 7.43. The maximum atomic E-state index is 12.3. The summed E-state index contributed by atoms with van der Waals surface area (Å²) in [4.78, 5) is 16.6. The highest BCUT2D eigenvalue weighted by Gasteiger charge is 2.20. The van der Waals surface area contributed by atoms with E-state index in [2.05, 4.69) is 10.3 Å². The summed E-state index contributed by atoms with van der Waals surface area (Å²) in [7, 11) is 0. The van der Waals surface area contributed by atoms with Crippen LogP contribution in [-0.2, 0) is 4.79 Å². The summed E-state index contributed by atoms with van der Waals surface area (Å²) in [5, 5.41) is 5.92. The van der Waals surface area contributed by atoms with Crippen LogP contribution in [0.4, 0.5) is 5.69 Å². The molecule has 0 radical (unpaired) electrons. The highest BCUT2D eigenvalue weighted by molar-refractivity contribution is 7.09. The van der Waals surface area contributed by atoms with Gasteiger partial charge in [0.1, 0.15) is 5.01 Å². The first-order valence-corrected chi connectivity index (χ1v) is 7.55. The van der Waals surface area contributed by atoms with Gasteiger partial charge in [-0.15, -0.1) is 11.3 Å². The fourth-order valence-electron chi connectivity index (χ4n) is 2.02. The first kappa shape index (κ1) is 14.5. The Morgan fingerprint density at radius 3 is 2.90 bits per heavy atom. The minimum absolute atomic E-state index is 0.00218. The van der Waals surface area contributed by atoms with E-state index in [-0.39, 0.29) is 17.9 Å². The number of hydrogen-bond donors (Lipinski definition) is 2. The molecule has 0 fully saturated rings. The Balaban J connectivity index is 2.07. The summed E-state index contributed by atoms with van der Waals surface area (Å²) in [5.41, 5.74) is 7.36. The number of carbonyl (C=O) groups is 1. The van der Waals surface area contributed by atoms with Crippen LogP contribution in [-0.4, -0.2) is 10.9 Å². The lowest BCUT2D eigenvalue weighted by Crippen LogP contribution is -2.31. The minimum atomic E-state index is -0.229. The van der Waals surface area contributed by atoms with Gasteiger partial charge in [0.15, 0.2) is 0 Å². The Hall–Kier alpha value is -1.88. The molecule has 2 unspecified atom stereocenters. The van der Waals surface area contributed by atoms with Gasteiger partial charge in [-0.1, -0.05) is 19.1 Å². The number of hydrogen-bond acceptors (Lipinski definition) is 4. The lowest BCUT2D eigenvalue weighted by Gasteiger charge is -2.18. The van der Waals surface area contributed by atoms with Gasteiger partial charge in [0.2, 0.25) is 5.91 Å². The van der Waals surface area contributed by atoms with E-state index in [0.29, 0.717) is 5.69 Å². The number of carbonyl (C=O) groups excluding carboxylic acids is 1. The molecule has 0 aliphatic heterocycles. The van der Waals surface area contributed by atoms with E-state index < -0.39 is 0 Å². The molecule has 0 saturated carbocycles. The minimum Gasteiger partial charge on any atom is -0.399 e. The van der Waals surface area contributed by atoms with Crippen molar-refractivity contribution in [2.75, 3.05) is 5.73 Å². The van der Waals surface area contributed by atoms with E-state index in [1.807, 2.05) is 43.5 Å². The van der Waals surface area contributed by atoms with Crippen LogP contribution in [0.25, 0.3) is 0 Å². The maximum Gasteiger partial charge on any atom is 0.227 e. The first-order valence-electron chi connectivity index (χ1n) is 6.67. The van der Waals surface area contributed by atoms with E-state index in [1.165, 1.54) is 0 Å². The van der Waals surface area contributed by atoms with Crippen molar-refractivity contribution in [2.45, 2.75) is 32.2 Å². The number of thiazole rings is 1. The number of anilines is 1. The van der Waals surface area contributed by atoms with Crippen LogP contribution in [0.1, 0.15) is 42.8 Å². The number of nitrogens with two attached hydrogens (primary N) is 1. The lowest BCUT2D eigenvalue weighted by atomic mass is 9.99. The van der Waals surface area contributed by atoms with Crippen molar-refractivity contribution >= 4 is 22.9 Å². The van der Waals surface area contributed by atoms with Crippen LogP contribution in [0.2, 0.25) is 0 Å². The topological polar surface area (TPSA) is 68.0 Å². The average molecular weight is 289 g/mol. The molecule has 106 valence electrons. The summed E-state index contributed by atoms with van der Waals surface area (Å²) in [5.74, 6) is -0.231. The fraction of sp³-hybridized carbons (Fsp3) is 0.333. The van der Waals surface area contributed by atoms with Crippen molar-refractivity contribution in [3.05, 3.63) is 46.4 Å². The summed E-state index contributed by atoms with van der Waals surface area (Å²) < 4.78 is 0. The summed E-state index contributed by atoms with van der Waals surface area (Å²) in [6.45, 7) is 3.93. The molecule has 1 aromatic heterocycles. The molecule has 0 aliphatic carbocycles. The normalized spacial score (nSPS) is 13.7. The Bertz CT molecular complexity index is 568. The van der Waals surface area contributed by atoms with Gasteiger partial charge in [-0.3, -0.25) is 4.79 Å². The van der Waals surface area contributed by atoms with Crippen LogP contribution in [0, 0.1) is 0 Å². The fourth-order valence-corrected chi connectivity index (χ4v) is 2.79. The zero-order valence-electron chi connectivity index (χ0n) is 11.7. The number of nitrogens with zero attached hydrogens (tertiary/aromatic N) is 1. The third-order valence-electron chi connectivity index (χ3n) is 3.28. The molecule has 2 atom stereocenters. The number of nitrogen functional groups attached to an aromatic ring is 1. The van der Waals surface area contributed by atoms with Gasteiger partial charge >= 0.3 is 0 Å². The van der Waals surface area contributed by atoms with E-state index in [4.69, 9.17) is 5.73 Å². The van der Waals surface area contributed by atoms with Crippen LogP contribution < -0.4 is 11.1 Å². The Morgan fingerprint density at radius 2 is 2.30 bits per heavy atom. The molecule has 2 rings (SSSR count). The van der Waals surface area contributed by atoms with Gasteiger partial charge in [0.05, 0.1) is 12.0 Å². The number of benzene rings is 1.